The Hall–Kier alpha value is -1.26. The summed E-state index contributed by atoms with van der Waals surface area (Å²) >= 11 is 11.1. The predicted octanol–water partition coefficient (Wildman–Crippen LogP) is 2.48. The zero-order valence-electron chi connectivity index (χ0n) is 8.51. The molecule has 0 aromatic heterocycles. The second-order valence-electron chi connectivity index (χ2n) is 3.05. The highest BCUT2D eigenvalue weighted by Crippen LogP contribution is 2.25. The highest BCUT2D eigenvalue weighted by Gasteiger charge is 2.07. The second-order valence-corrected chi connectivity index (χ2v) is 3.76. The van der Waals surface area contributed by atoms with Gasteiger partial charge in [0.15, 0.2) is 0 Å². The van der Waals surface area contributed by atoms with Gasteiger partial charge in [-0.1, -0.05) is 11.6 Å². The summed E-state index contributed by atoms with van der Waals surface area (Å²) in [7, 11) is 0. The minimum absolute atomic E-state index is 0.151. The SMILES string of the molecule is CC(=O)Nc1cc(Cl)ccc1NC(=O)CCl. The molecule has 86 valence electrons. The molecule has 0 saturated heterocycles. The van der Waals surface area contributed by atoms with E-state index in [9.17, 15) is 9.59 Å². The van der Waals surface area contributed by atoms with Crippen LogP contribution in [0.25, 0.3) is 0 Å². The maximum absolute atomic E-state index is 11.1. The van der Waals surface area contributed by atoms with E-state index in [0.29, 0.717) is 16.4 Å². The van der Waals surface area contributed by atoms with Crippen LogP contribution in [0.3, 0.4) is 0 Å². The molecule has 0 unspecified atom stereocenters. The lowest BCUT2D eigenvalue weighted by atomic mass is 10.2. The molecule has 0 aliphatic rings. The second kappa shape index (κ2) is 5.72. The van der Waals surface area contributed by atoms with Gasteiger partial charge in [0.05, 0.1) is 11.4 Å². The maximum atomic E-state index is 11.1. The molecular weight excluding hydrogens is 251 g/mol. The molecule has 0 aliphatic heterocycles. The molecule has 2 N–H and O–H groups in total. The van der Waals surface area contributed by atoms with E-state index in [1.54, 1.807) is 18.2 Å². The Bertz CT molecular complexity index is 421. The number of nitrogens with one attached hydrogen (secondary N) is 2. The third-order valence-corrected chi connectivity index (χ3v) is 2.17. The molecule has 0 saturated carbocycles. The van der Waals surface area contributed by atoms with E-state index in [-0.39, 0.29) is 17.7 Å². The van der Waals surface area contributed by atoms with Crippen LogP contribution in [-0.2, 0) is 9.59 Å². The van der Waals surface area contributed by atoms with Gasteiger partial charge in [0.25, 0.3) is 0 Å². The Balaban J connectivity index is 2.97. The van der Waals surface area contributed by atoms with Crippen molar-refractivity contribution < 1.29 is 9.59 Å². The number of benzene rings is 1. The average Bonchev–Trinajstić information content (AvgIpc) is 2.21. The van der Waals surface area contributed by atoms with Crippen molar-refractivity contribution in [2.75, 3.05) is 16.5 Å². The zero-order chi connectivity index (χ0) is 12.1. The number of carbonyl (C=O) groups is 2. The lowest BCUT2D eigenvalue weighted by Gasteiger charge is -2.10. The van der Waals surface area contributed by atoms with Gasteiger partial charge in [0, 0.05) is 11.9 Å². The molecular formula is C10H10Cl2N2O2. The van der Waals surface area contributed by atoms with Crippen molar-refractivity contribution in [3.05, 3.63) is 23.2 Å². The average molecular weight is 261 g/mol. The van der Waals surface area contributed by atoms with E-state index in [2.05, 4.69) is 10.6 Å². The molecule has 16 heavy (non-hydrogen) atoms. The zero-order valence-corrected chi connectivity index (χ0v) is 10.0. The lowest BCUT2D eigenvalue weighted by molar-refractivity contribution is -0.115. The van der Waals surface area contributed by atoms with Gasteiger partial charge in [-0.15, -0.1) is 11.6 Å². The third-order valence-electron chi connectivity index (χ3n) is 1.69. The largest absolute Gasteiger partial charge is 0.324 e. The summed E-state index contributed by atoms with van der Waals surface area (Å²) < 4.78 is 0. The van der Waals surface area contributed by atoms with Crippen LogP contribution in [-0.4, -0.2) is 17.7 Å². The molecule has 0 heterocycles. The van der Waals surface area contributed by atoms with Crippen LogP contribution < -0.4 is 10.6 Å². The molecule has 0 atom stereocenters. The first kappa shape index (κ1) is 12.8. The first-order chi connectivity index (χ1) is 7.52. The Morgan fingerprint density at radius 3 is 2.50 bits per heavy atom. The first-order valence-electron chi connectivity index (χ1n) is 4.46. The number of halogens is 2. The smallest absolute Gasteiger partial charge is 0.239 e. The quantitative estimate of drug-likeness (QED) is 0.821. The van der Waals surface area contributed by atoms with Gasteiger partial charge in [0.1, 0.15) is 5.88 Å². The normalized spacial score (nSPS) is 9.69. The van der Waals surface area contributed by atoms with E-state index in [1.807, 2.05) is 0 Å². The lowest BCUT2D eigenvalue weighted by Crippen LogP contribution is -2.15. The van der Waals surface area contributed by atoms with Gasteiger partial charge in [-0.3, -0.25) is 9.59 Å². The van der Waals surface area contributed by atoms with Crippen molar-refractivity contribution in [2.24, 2.45) is 0 Å². The number of carbonyl (C=O) groups excluding carboxylic acids is 2. The summed E-state index contributed by atoms with van der Waals surface area (Å²) in [6, 6.07) is 4.75. The molecule has 0 radical (unpaired) electrons. The van der Waals surface area contributed by atoms with Crippen molar-refractivity contribution in [1.82, 2.24) is 0 Å². The first-order valence-corrected chi connectivity index (χ1v) is 5.37. The number of alkyl halides is 1. The summed E-state index contributed by atoms with van der Waals surface area (Å²) in [6.07, 6.45) is 0. The molecule has 4 nitrogen and oxygen atoms in total. The third kappa shape index (κ3) is 3.72. The van der Waals surface area contributed by atoms with Crippen LogP contribution in [0.15, 0.2) is 18.2 Å². The van der Waals surface area contributed by atoms with E-state index in [1.165, 1.54) is 6.92 Å². The molecule has 0 fully saturated rings. The highest BCUT2D eigenvalue weighted by atomic mass is 35.5. The monoisotopic (exact) mass is 260 g/mol. The summed E-state index contributed by atoms with van der Waals surface area (Å²) in [5.41, 5.74) is 0.906. The molecule has 0 aliphatic carbocycles. The maximum Gasteiger partial charge on any atom is 0.239 e. The number of anilines is 2. The van der Waals surface area contributed by atoms with Crippen LogP contribution in [0, 0.1) is 0 Å². The van der Waals surface area contributed by atoms with Gasteiger partial charge in [0.2, 0.25) is 11.8 Å². The van der Waals surface area contributed by atoms with Crippen LogP contribution in [0.5, 0.6) is 0 Å². The minimum Gasteiger partial charge on any atom is -0.324 e. The minimum atomic E-state index is -0.351. The molecule has 1 aromatic rings. The van der Waals surface area contributed by atoms with Crippen molar-refractivity contribution in [1.29, 1.82) is 0 Å². The number of hydrogen-bond acceptors (Lipinski definition) is 2. The number of amides is 2. The van der Waals surface area contributed by atoms with E-state index < -0.39 is 0 Å². The number of rotatable bonds is 3. The number of hydrogen-bond donors (Lipinski definition) is 2. The molecule has 2 amide bonds. The fourth-order valence-corrected chi connectivity index (χ4v) is 1.34. The van der Waals surface area contributed by atoms with Crippen LogP contribution in [0.1, 0.15) is 6.92 Å². The topological polar surface area (TPSA) is 58.2 Å². The highest BCUT2D eigenvalue weighted by molar-refractivity contribution is 6.31. The standard InChI is InChI=1S/C10H10Cl2N2O2/c1-6(15)13-9-4-7(12)2-3-8(9)14-10(16)5-11/h2-4H,5H2,1H3,(H,13,15)(H,14,16). The fourth-order valence-electron chi connectivity index (χ4n) is 1.10. The van der Waals surface area contributed by atoms with Gasteiger partial charge >= 0.3 is 0 Å². The Kier molecular flexibility index (Phi) is 4.58. The van der Waals surface area contributed by atoms with E-state index in [0.717, 1.165) is 0 Å². The van der Waals surface area contributed by atoms with Crippen LogP contribution in [0.2, 0.25) is 5.02 Å². The predicted molar refractivity (Wildman–Crippen MR) is 65.1 cm³/mol. The Morgan fingerprint density at radius 1 is 1.25 bits per heavy atom. The van der Waals surface area contributed by atoms with Crippen molar-refractivity contribution in [3.63, 3.8) is 0 Å². The molecule has 1 rings (SSSR count). The summed E-state index contributed by atoms with van der Waals surface area (Å²) in [5.74, 6) is -0.749. The van der Waals surface area contributed by atoms with Crippen molar-refractivity contribution in [2.45, 2.75) is 6.92 Å². The van der Waals surface area contributed by atoms with Gasteiger partial charge in [-0.05, 0) is 18.2 Å². The van der Waals surface area contributed by atoms with Gasteiger partial charge in [-0.2, -0.15) is 0 Å². The summed E-state index contributed by atoms with van der Waals surface area (Å²) in [5, 5.41) is 5.58. The van der Waals surface area contributed by atoms with E-state index in [4.69, 9.17) is 23.2 Å². The fraction of sp³-hybridized carbons (Fsp3) is 0.200. The van der Waals surface area contributed by atoms with Gasteiger partial charge in [-0.25, -0.2) is 0 Å². The molecule has 1 aromatic carbocycles. The summed E-state index contributed by atoms with van der Waals surface area (Å²) in [4.78, 5) is 22.1. The Labute approximate surface area is 103 Å². The summed E-state index contributed by atoms with van der Waals surface area (Å²) in [6.45, 7) is 1.37. The van der Waals surface area contributed by atoms with Crippen LogP contribution >= 0.6 is 23.2 Å². The molecule has 0 bridgehead atoms. The van der Waals surface area contributed by atoms with E-state index >= 15 is 0 Å². The molecule has 6 heteroatoms. The van der Waals surface area contributed by atoms with Crippen LogP contribution in [0.4, 0.5) is 11.4 Å². The van der Waals surface area contributed by atoms with Gasteiger partial charge < -0.3 is 10.6 Å². The van der Waals surface area contributed by atoms with Crippen molar-refractivity contribution >= 4 is 46.4 Å². The Morgan fingerprint density at radius 2 is 1.94 bits per heavy atom. The molecule has 0 spiro atoms. The van der Waals surface area contributed by atoms with Crippen molar-refractivity contribution in [3.8, 4) is 0 Å².